The third-order valence-electron chi connectivity index (χ3n) is 2.44. The molecule has 0 aliphatic heterocycles. The van der Waals surface area contributed by atoms with E-state index < -0.39 is 16.8 Å². The van der Waals surface area contributed by atoms with Gasteiger partial charge in [-0.15, -0.1) is 0 Å². The summed E-state index contributed by atoms with van der Waals surface area (Å²) in [6, 6.07) is 3.51. The minimum Gasteiger partial charge on any atom is -0.462 e. The van der Waals surface area contributed by atoms with Crippen LogP contribution in [0.15, 0.2) is 18.2 Å². The number of carbonyl (C=O) groups excluding carboxylic acids is 2. The minimum absolute atomic E-state index is 0.0114. The number of amides is 1. The molecule has 108 valence electrons. The first-order valence-electron chi connectivity index (χ1n) is 6.24. The highest BCUT2D eigenvalue weighted by Gasteiger charge is 2.18. The van der Waals surface area contributed by atoms with E-state index in [9.17, 15) is 19.7 Å². The van der Waals surface area contributed by atoms with Crippen LogP contribution >= 0.6 is 0 Å². The van der Waals surface area contributed by atoms with Gasteiger partial charge < -0.3 is 10.1 Å². The molecule has 0 aliphatic rings. The topological polar surface area (TPSA) is 98.5 Å². The van der Waals surface area contributed by atoms with Crippen molar-refractivity contribution in [3.05, 3.63) is 39.4 Å². The zero-order valence-electron chi connectivity index (χ0n) is 11.3. The number of nitrogens with zero attached hydrogens (tertiary/aromatic N) is 1. The average molecular weight is 280 g/mol. The largest absolute Gasteiger partial charge is 0.462 e. The molecular formula is C13H16N2O5. The maximum Gasteiger partial charge on any atom is 0.338 e. The number of non-ortho nitro benzene ring substituents is 1. The number of nitro groups is 1. The van der Waals surface area contributed by atoms with Gasteiger partial charge in [0.05, 0.1) is 17.1 Å². The molecule has 1 N–H and O–H groups in total. The Kier molecular flexibility index (Phi) is 5.64. The minimum atomic E-state index is -0.694. The van der Waals surface area contributed by atoms with Crippen molar-refractivity contribution in [2.45, 2.75) is 20.3 Å². The summed E-state index contributed by atoms with van der Waals surface area (Å²) < 4.78 is 4.79. The third kappa shape index (κ3) is 4.04. The molecule has 0 saturated heterocycles. The molecule has 7 heteroatoms. The number of rotatable bonds is 6. The predicted octanol–water partition coefficient (Wildman–Crippen LogP) is 1.91. The highest BCUT2D eigenvalue weighted by Crippen LogP contribution is 2.18. The molecule has 0 atom stereocenters. The molecule has 0 unspecified atom stereocenters. The van der Waals surface area contributed by atoms with Gasteiger partial charge in [-0.3, -0.25) is 14.9 Å². The molecule has 0 saturated carbocycles. The van der Waals surface area contributed by atoms with Gasteiger partial charge in [-0.25, -0.2) is 4.79 Å². The van der Waals surface area contributed by atoms with Crippen LogP contribution in [0.25, 0.3) is 0 Å². The van der Waals surface area contributed by atoms with Gasteiger partial charge in [-0.1, -0.05) is 6.92 Å². The molecule has 0 fully saturated rings. The molecule has 1 aromatic carbocycles. The molecule has 0 radical (unpaired) electrons. The highest BCUT2D eigenvalue weighted by atomic mass is 16.6. The van der Waals surface area contributed by atoms with Gasteiger partial charge in [0.2, 0.25) is 0 Å². The molecule has 0 heterocycles. The van der Waals surface area contributed by atoms with Crippen molar-refractivity contribution in [2.24, 2.45) is 0 Å². The lowest BCUT2D eigenvalue weighted by atomic mass is 10.1. The van der Waals surface area contributed by atoms with E-state index in [1.807, 2.05) is 6.92 Å². The first kappa shape index (κ1) is 15.6. The summed E-state index contributed by atoms with van der Waals surface area (Å²) in [6.45, 7) is 4.12. The fourth-order valence-corrected chi connectivity index (χ4v) is 1.52. The van der Waals surface area contributed by atoms with Gasteiger partial charge in [0.1, 0.15) is 0 Å². The van der Waals surface area contributed by atoms with Crippen LogP contribution in [0.5, 0.6) is 0 Å². The van der Waals surface area contributed by atoms with Gasteiger partial charge >= 0.3 is 5.97 Å². The second-order valence-electron chi connectivity index (χ2n) is 4.00. The predicted molar refractivity (Wildman–Crippen MR) is 71.7 cm³/mol. The Bertz CT molecular complexity index is 527. The SMILES string of the molecule is CCCNC(=O)c1cc(C(=O)OCC)cc([N+](=O)[O-])c1. The van der Waals surface area contributed by atoms with Crippen LogP contribution < -0.4 is 5.32 Å². The molecule has 0 bridgehead atoms. The van der Waals surface area contributed by atoms with E-state index in [1.165, 1.54) is 6.07 Å². The molecule has 0 aliphatic carbocycles. The molecule has 20 heavy (non-hydrogen) atoms. The number of ether oxygens (including phenoxy) is 1. The van der Waals surface area contributed by atoms with E-state index in [0.717, 1.165) is 18.6 Å². The second-order valence-corrected chi connectivity index (χ2v) is 4.00. The van der Waals surface area contributed by atoms with Crippen molar-refractivity contribution >= 4 is 17.6 Å². The van der Waals surface area contributed by atoms with Gasteiger partial charge in [-0.2, -0.15) is 0 Å². The quantitative estimate of drug-likeness (QED) is 0.487. The van der Waals surface area contributed by atoms with E-state index >= 15 is 0 Å². The number of hydrogen-bond donors (Lipinski definition) is 1. The standard InChI is InChI=1S/C13H16N2O5/c1-3-5-14-12(16)9-6-10(13(17)20-4-2)8-11(7-9)15(18)19/h6-8H,3-5H2,1-2H3,(H,14,16). The number of nitrogens with one attached hydrogen (secondary N) is 1. The molecule has 7 nitrogen and oxygen atoms in total. The van der Waals surface area contributed by atoms with Crippen LogP contribution in [0, 0.1) is 10.1 Å². The average Bonchev–Trinajstić information content (AvgIpc) is 2.44. The number of hydrogen-bond acceptors (Lipinski definition) is 5. The molecule has 1 rings (SSSR count). The van der Waals surface area contributed by atoms with Crippen LogP contribution in [0.1, 0.15) is 41.0 Å². The van der Waals surface area contributed by atoms with Crippen LogP contribution in [0.4, 0.5) is 5.69 Å². The fraction of sp³-hybridized carbons (Fsp3) is 0.385. The molecule has 0 aromatic heterocycles. The summed E-state index contributed by atoms with van der Waals surface area (Å²) in [5, 5.41) is 13.4. The molecule has 1 aromatic rings. The number of benzene rings is 1. The van der Waals surface area contributed by atoms with Gasteiger partial charge in [0, 0.05) is 24.2 Å². The van der Waals surface area contributed by atoms with Crippen molar-refractivity contribution in [2.75, 3.05) is 13.2 Å². The molecular weight excluding hydrogens is 264 g/mol. The Balaban J connectivity index is 3.14. The Morgan fingerprint density at radius 3 is 2.45 bits per heavy atom. The Labute approximate surface area is 116 Å². The van der Waals surface area contributed by atoms with Crippen molar-refractivity contribution in [3.8, 4) is 0 Å². The first-order valence-corrected chi connectivity index (χ1v) is 6.24. The lowest BCUT2D eigenvalue weighted by Gasteiger charge is -2.06. The Hall–Kier alpha value is -2.44. The lowest BCUT2D eigenvalue weighted by molar-refractivity contribution is -0.384. The van der Waals surface area contributed by atoms with E-state index in [1.54, 1.807) is 6.92 Å². The monoisotopic (exact) mass is 280 g/mol. The van der Waals surface area contributed by atoms with E-state index in [2.05, 4.69) is 5.32 Å². The van der Waals surface area contributed by atoms with Crippen LogP contribution in [0.3, 0.4) is 0 Å². The highest BCUT2D eigenvalue weighted by molar-refractivity contribution is 5.98. The van der Waals surface area contributed by atoms with Gasteiger partial charge in [-0.05, 0) is 19.4 Å². The Morgan fingerprint density at radius 2 is 1.90 bits per heavy atom. The summed E-state index contributed by atoms with van der Waals surface area (Å²) in [5.41, 5.74) is -0.268. The Morgan fingerprint density at radius 1 is 1.25 bits per heavy atom. The summed E-state index contributed by atoms with van der Waals surface area (Å²) in [4.78, 5) is 33.6. The summed E-state index contributed by atoms with van der Waals surface area (Å²) >= 11 is 0. The van der Waals surface area contributed by atoms with E-state index in [0.29, 0.717) is 6.54 Å². The maximum absolute atomic E-state index is 11.8. The summed E-state index contributed by atoms with van der Waals surface area (Å²) in [6.07, 6.45) is 0.741. The van der Waals surface area contributed by atoms with E-state index in [4.69, 9.17) is 4.74 Å². The van der Waals surface area contributed by atoms with Crippen LogP contribution in [-0.2, 0) is 4.74 Å². The first-order chi connectivity index (χ1) is 9.49. The normalized spacial score (nSPS) is 9.90. The second kappa shape index (κ2) is 7.22. The van der Waals surface area contributed by atoms with Crippen molar-refractivity contribution in [1.29, 1.82) is 0 Å². The fourth-order valence-electron chi connectivity index (χ4n) is 1.52. The maximum atomic E-state index is 11.8. The zero-order valence-corrected chi connectivity index (χ0v) is 11.3. The number of esters is 1. The van der Waals surface area contributed by atoms with Gasteiger partial charge in [0.25, 0.3) is 11.6 Å². The van der Waals surface area contributed by atoms with Crippen LogP contribution in [-0.4, -0.2) is 30.0 Å². The molecule has 1 amide bonds. The van der Waals surface area contributed by atoms with Crippen LogP contribution in [0.2, 0.25) is 0 Å². The lowest BCUT2D eigenvalue weighted by Crippen LogP contribution is -2.24. The number of carbonyl (C=O) groups is 2. The van der Waals surface area contributed by atoms with E-state index in [-0.39, 0.29) is 23.4 Å². The third-order valence-corrected chi connectivity index (χ3v) is 2.44. The van der Waals surface area contributed by atoms with Crippen molar-refractivity contribution < 1.29 is 19.2 Å². The smallest absolute Gasteiger partial charge is 0.338 e. The van der Waals surface area contributed by atoms with Crippen molar-refractivity contribution in [1.82, 2.24) is 5.32 Å². The molecule has 0 spiro atoms. The number of nitro benzene ring substituents is 1. The summed E-state index contributed by atoms with van der Waals surface area (Å²) in [5.74, 6) is -1.15. The zero-order chi connectivity index (χ0) is 15.1. The van der Waals surface area contributed by atoms with Gasteiger partial charge in [0.15, 0.2) is 0 Å². The summed E-state index contributed by atoms with van der Waals surface area (Å²) in [7, 11) is 0. The van der Waals surface area contributed by atoms with Crippen molar-refractivity contribution in [3.63, 3.8) is 0 Å².